The molecule has 106 valence electrons. The van der Waals surface area contributed by atoms with Crippen LogP contribution in [0, 0.1) is 19.8 Å². The molecule has 0 saturated heterocycles. The van der Waals surface area contributed by atoms with Crippen LogP contribution in [0.2, 0.25) is 0 Å². The number of nitrogens with two attached hydrogens (primary N) is 1. The number of ether oxygens (including phenoxy) is 1. The molecule has 1 amide bonds. The van der Waals surface area contributed by atoms with Crippen LogP contribution in [-0.2, 0) is 4.79 Å². The van der Waals surface area contributed by atoms with Crippen molar-refractivity contribution in [3.63, 3.8) is 0 Å². The van der Waals surface area contributed by atoms with E-state index in [4.69, 9.17) is 10.5 Å². The lowest BCUT2D eigenvalue weighted by molar-refractivity contribution is -0.121. The maximum atomic E-state index is 11.6. The van der Waals surface area contributed by atoms with E-state index in [1.54, 1.807) is 0 Å². The van der Waals surface area contributed by atoms with E-state index in [0.717, 1.165) is 11.3 Å². The summed E-state index contributed by atoms with van der Waals surface area (Å²) in [5.41, 5.74) is 7.79. The third-order valence-electron chi connectivity index (χ3n) is 2.97. The van der Waals surface area contributed by atoms with Crippen molar-refractivity contribution in [3.05, 3.63) is 29.3 Å². The fourth-order valence-electron chi connectivity index (χ4n) is 1.67. The molecule has 1 rings (SSSR count). The standard InChI is InChI=1S/C15H24N2O2/c1-11-4-5-14(13(3)8-11)19-7-6-15(18)17-10-12(2)9-16/h4-5,8,12H,6-7,9-10,16H2,1-3H3,(H,17,18). The molecule has 4 heteroatoms. The molecule has 0 heterocycles. The van der Waals surface area contributed by atoms with Gasteiger partial charge in [-0.15, -0.1) is 0 Å². The predicted octanol–water partition coefficient (Wildman–Crippen LogP) is 1.78. The third kappa shape index (κ3) is 5.75. The first-order valence-corrected chi connectivity index (χ1v) is 6.69. The number of hydrogen-bond acceptors (Lipinski definition) is 3. The lowest BCUT2D eigenvalue weighted by atomic mass is 10.1. The van der Waals surface area contributed by atoms with E-state index in [1.807, 2.05) is 32.9 Å². The van der Waals surface area contributed by atoms with Crippen LogP contribution in [0.25, 0.3) is 0 Å². The van der Waals surface area contributed by atoms with Crippen molar-refractivity contribution in [2.45, 2.75) is 27.2 Å². The minimum atomic E-state index is 0.00469. The Morgan fingerprint density at radius 3 is 2.79 bits per heavy atom. The maximum Gasteiger partial charge on any atom is 0.223 e. The van der Waals surface area contributed by atoms with Crippen molar-refractivity contribution in [2.24, 2.45) is 11.7 Å². The SMILES string of the molecule is Cc1ccc(OCCC(=O)NCC(C)CN)c(C)c1. The average Bonchev–Trinajstić information content (AvgIpc) is 2.38. The summed E-state index contributed by atoms with van der Waals surface area (Å²) in [6.07, 6.45) is 0.366. The molecule has 19 heavy (non-hydrogen) atoms. The molecular formula is C15H24N2O2. The smallest absolute Gasteiger partial charge is 0.223 e. The number of carbonyl (C=O) groups is 1. The van der Waals surface area contributed by atoms with Gasteiger partial charge in [-0.1, -0.05) is 24.6 Å². The quantitative estimate of drug-likeness (QED) is 0.789. The van der Waals surface area contributed by atoms with Gasteiger partial charge < -0.3 is 15.8 Å². The highest BCUT2D eigenvalue weighted by atomic mass is 16.5. The van der Waals surface area contributed by atoms with Gasteiger partial charge in [0.15, 0.2) is 0 Å². The largest absolute Gasteiger partial charge is 0.493 e. The van der Waals surface area contributed by atoms with E-state index in [0.29, 0.717) is 32.0 Å². The van der Waals surface area contributed by atoms with E-state index in [2.05, 4.69) is 11.4 Å². The van der Waals surface area contributed by atoms with Crippen molar-refractivity contribution in [3.8, 4) is 5.75 Å². The lowest BCUT2D eigenvalue weighted by Gasteiger charge is -2.11. The van der Waals surface area contributed by atoms with Crippen LogP contribution in [0.1, 0.15) is 24.5 Å². The van der Waals surface area contributed by atoms with Crippen LogP contribution in [0.5, 0.6) is 5.75 Å². The summed E-state index contributed by atoms with van der Waals surface area (Å²) in [6, 6.07) is 6.02. The minimum Gasteiger partial charge on any atom is -0.493 e. The predicted molar refractivity (Wildman–Crippen MR) is 77.3 cm³/mol. The van der Waals surface area contributed by atoms with Crippen molar-refractivity contribution < 1.29 is 9.53 Å². The summed E-state index contributed by atoms with van der Waals surface area (Å²) in [7, 11) is 0. The lowest BCUT2D eigenvalue weighted by Crippen LogP contribution is -2.32. The summed E-state index contributed by atoms with van der Waals surface area (Å²) in [5, 5.41) is 2.84. The van der Waals surface area contributed by atoms with Crippen molar-refractivity contribution in [2.75, 3.05) is 19.7 Å². The number of benzene rings is 1. The van der Waals surface area contributed by atoms with Crippen LogP contribution in [0.15, 0.2) is 18.2 Å². The topological polar surface area (TPSA) is 64.3 Å². The van der Waals surface area contributed by atoms with Crippen LogP contribution < -0.4 is 15.8 Å². The second kappa shape index (κ2) is 7.79. The number of aryl methyl sites for hydroxylation is 2. The second-order valence-electron chi connectivity index (χ2n) is 5.01. The van der Waals surface area contributed by atoms with Gasteiger partial charge in [0.2, 0.25) is 5.91 Å². The Kier molecular flexibility index (Phi) is 6.36. The van der Waals surface area contributed by atoms with Gasteiger partial charge in [0.1, 0.15) is 5.75 Å². The molecule has 3 N–H and O–H groups in total. The molecular weight excluding hydrogens is 240 g/mol. The van der Waals surface area contributed by atoms with Crippen molar-refractivity contribution in [1.82, 2.24) is 5.32 Å². The van der Waals surface area contributed by atoms with Crippen LogP contribution in [-0.4, -0.2) is 25.6 Å². The zero-order valence-corrected chi connectivity index (χ0v) is 12.0. The van der Waals surface area contributed by atoms with Crippen LogP contribution >= 0.6 is 0 Å². The Bertz CT molecular complexity index is 419. The monoisotopic (exact) mass is 264 g/mol. The molecule has 0 aliphatic heterocycles. The summed E-state index contributed by atoms with van der Waals surface area (Å²) >= 11 is 0. The number of amides is 1. The molecule has 0 aromatic heterocycles. The molecule has 1 atom stereocenters. The maximum absolute atomic E-state index is 11.6. The van der Waals surface area contributed by atoms with Crippen LogP contribution in [0.3, 0.4) is 0 Å². The molecule has 1 unspecified atom stereocenters. The molecule has 0 bridgehead atoms. The zero-order valence-electron chi connectivity index (χ0n) is 12.0. The summed E-state index contributed by atoms with van der Waals surface area (Å²) in [6.45, 7) is 7.66. The fourth-order valence-corrected chi connectivity index (χ4v) is 1.67. The van der Waals surface area contributed by atoms with Gasteiger partial charge in [-0.05, 0) is 37.9 Å². The van der Waals surface area contributed by atoms with Gasteiger partial charge in [-0.3, -0.25) is 4.79 Å². The first kappa shape index (κ1) is 15.5. The van der Waals surface area contributed by atoms with E-state index < -0.39 is 0 Å². The molecule has 1 aromatic rings. The molecule has 0 spiro atoms. The molecule has 0 aliphatic rings. The van der Waals surface area contributed by atoms with Gasteiger partial charge >= 0.3 is 0 Å². The van der Waals surface area contributed by atoms with E-state index in [9.17, 15) is 4.79 Å². The number of hydrogen-bond donors (Lipinski definition) is 2. The highest BCUT2D eigenvalue weighted by Crippen LogP contribution is 2.18. The van der Waals surface area contributed by atoms with Gasteiger partial charge in [0.25, 0.3) is 0 Å². The molecule has 4 nitrogen and oxygen atoms in total. The van der Waals surface area contributed by atoms with Gasteiger partial charge in [0, 0.05) is 6.54 Å². The second-order valence-corrected chi connectivity index (χ2v) is 5.01. The fraction of sp³-hybridized carbons (Fsp3) is 0.533. The van der Waals surface area contributed by atoms with E-state index in [-0.39, 0.29) is 5.91 Å². The third-order valence-corrected chi connectivity index (χ3v) is 2.97. The Morgan fingerprint density at radius 2 is 2.16 bits per heavy atom. The summed E-state index contributed by atoms with van der Waals surface area (Å²) in [4.78, 5) is 11.6. The van der Waals surface area contributed by atoms with Gasteiger partial charge in [0.05, 0.1) is 13.0 Å². The van der Waals surface area contributed by atoms with Gasteiger partial charge in [-0.25, -0.2) is 0 Å². The minimum absolute atomic E-state index is 0.00469. The highest BCUT2D eigenvalue weighted by molar-refractivity contribution is 5.75. The van der Waals surface area contributed by atoms with E-state index >= 15 is 0 Å². The average molecular weight is 264 g/mol. The van der Waals surface area contributed by atoms with Gasteiger partial charge in [-0.2, -0.15) is 0 Å². The molecule has 0 saturated carbocycles. The van der Waals surface area contributed by atoms with Crippen LogP contribution in [0.4, 0.5) is 0 Å². The Labute approximate surface area is 115 Å². The first-order chi connectivity index (χ1) is 9.02. The molecule has 0 radical (unpaired) electrons. The molecule has 0 aliphatic carbocycles. The first-order valence-electron chi connectivity index (χ1n) is 6.69. The van der Waals surface area contributed by atoms with Crippen molar-refractivity contribution in [1.29, 1.82) is 0 Å². The summed E-state index contributed by atoms with van der Waals surface area (Å²) in [5.74, 6) is 1.16. The normalized spacial score (nSPS) is 12.0. The number of rotatable bonds is 7. The highest BCUT2D eigenvalue weighted by Gasteiger charge is 2.05. The zero-order chi connectivity index (χ0) is 14.3. The van der Waals surface area contributed by atoms with E-state index in [1.165, 1.54) is 5.56 Å². The Hall–Kier alpha value is -1.55. The van der Waals surface area contributed by atoms with Crippen molar-refractivity contribution >= 4 is 5.91 Å². The molecule has 1 aromatic carbocycles. The number of nitrogens with one attached hydrogen (secondary N) is 1. The molecule has 0 fully saturated rings. The Morgan fingerprint density at radius 1 is 1.42 bits per heavy atom. The Balaban J connectivity index is 2.28. The summed E-state index contributed by atoms with van der Waals surface area (Å²) < 4.78 is 5.61. The number of carbonyl (C=O) groups excluding carboxylic acids is 1.